The largest absolute Gasteiger partial charge is 0.573 e. The van der Waals surface area contributed by atoms with Crippen LogP contribution < -0.4 is 14.8 Å². The van der Waals surface area contributed by atoms with Gasteiger partial charge < -0.3 is 14.8 Å². The van der Waals surface area contributed by atoms with Gasteiger partial charge in [-0.15, -0.1) is 24.5 Å². The van der Waals surface area contributed by atoms with Crippen LogP contribution in [0, 0.1) is 0 Å². The molecule has 0 radical (unpaired) electrons. The fourth-order valence-electron chi connectivity index (χ4n) is 2.92. The third-order valence-corrected chi connectivity index (χ3v) is 6.17. The maximum Gasteiger partial charge on any atom is 0.573 e. The van der Waals surface area contributed by atoms with Gasteiger partial charge in [-0.1, -0.05) is 29.3 Å². The molecule has 0 spiro atoms. The van der Waals surface area contributed by atoms with E-state index in [0.717, 1.165) is 29.0 Å². The molecule has 0 saturated heterocycles. The van der Waals surface area contributed by atoms with Gasteiger partial charge >= 0.3 is 6.36 Å². The molecule has 1 N–H and O–H groups in total. The lowest BCUT2D eigenvalue weighted by Crippen LogP contribution is -2.17. The number of halogens is 5. The predicted molar refractivity (Wildman–Crippen MR) is 121 cm³/mol. The van der Waals surface area contributed by atoms with E-state index in [1.54, 1.807) is 36.5 Å². The number of anilines is 1. The van der Waals surface area contributed by atoms with E-state index >= 15 is 0 Å². The molecule has 1 amide bonds. The molecule has 0 atom stereocenters. The molecule has 0 bridgehead atoms. The second-order valence-electron chi connectivity index (χ2n) is 6.68. The summed E-state index contributed by atoms with van der Waals surface area (Å²) in [6, 6.07) is 13.4. The third-order valence-electron chi connectivity index (χ3n) is 4.34. The Morgan fingerprint density at radius 2 is 1.82 bits per heavy atom. The number of thiophene rings is 1. The van der Waals surface area contributed by atoms with Crippen LogP contribution in [0.1, 0.15) is 15.2 Å². The van der Waals surface area contributed by atoms with E-state index in [1.807, 2.05) is 0 Å². The average Bonchev–Trinajstić information content (AvgIpc) is 3.14. The van der Waals surface area contributed by atoms with Gasteiger partial charge in [0.05, 0.1) is 15.4 Å². The van der Waals surface area contributed by atoms with Gasteiger partial charge in [0.15, 0.2) is 5.75 Å². The first-order valence-electron chi connectivity index (χ1n) is 9.31. The zero-order valence-electron chi connectivity index (χ0n) is 16.5. The van der Waals surface area contributed by atoms with Crippen LogP contribution in [-0.4, -0.2) is 17.3 Å². The summed E-state index contributed by atoms with van der Waals surface area (Å²) in [5, 5.41) is 4.10. The molecular formula is C22H13Cl2F3N2O3S. The lowest BCUT2D eigenvalue weighted by molar-refractivity contribution is -0.274. The summed E-state index contributed by atoms with van der Waals surface area (Å²) in [4.78, 5) is 18.1. The van der Waals surface area contributed by atoms with Crippen molar-refractivity contribution < 1.29 is 27.4 Å². The van der Waals surface area contributed by atoms with Gasteiger partial charge in [-0.2, -0.15) is 0 Å². The predicted octanol–water partition coefficient (Wildman–Crippen LogP) is 7.33. The van der Waals surface area contributed by atoms with E-state index in [2.05, 4.69) is 15.0 Å². The number of ether oxygens (including phenoxy) is 2. The SMILES string of the molecule is O=C(Nc1ccc(OC(F)(F)F)cc1)c1sc2ncccc2c1OCc1ccc(Cl)c(Cl)c1. The van der Waals surface area contributed by atoms with E-state index < -0.39 is 18.0 Å². The molecule has 0 aliphatic rings. The standard InChI is InChI=1S/C22H13Cl2F3N2O3S/c23-16-8-3-12(10-17(16)24)11-31-18-15-2-1-9-28-21(15)33-19(18)20(30)29-13-4-6-14(7-5-13)32-22(25,26)27/h1-10H,11H2,(H,29,30). The number of benzene rings is 2. The van der Waals surface area contributed by atoms with Crippen LogP contribution in [0.25, 0.3) is 10.2 Å². The van der Waals surface area contributed by atoms with Crippen molar-refractivity contribution in [3.05, 3.63) is 81.3 Å². The quantitative estimate of drug-likeness (QED) is 0.293. The summed E-state index contributed by atoms with van der Waals surface area (Å²) in [7, 11) is 0. The Bertz CT molecular complexity index is 1310. The van der Waals surface area contributed by atoms with Gasteiger partial charge in [-0.3, -0.25) is 4.79 Å². The molecule has 2 heterocycles. The van der Waals surface area contributed by atoms with Crippen LogP contribution in [0.4, 0.5) is 18.9 Å². The fourth-order valence-corrected chi connectivity index (χ4v) is 4.22. The first-order chi connectivity index (χ1) is 15.7. The zero-order chi connectivity index (χ0) is 23.6. The van der Waals surface area contributed by atoms with Crippen molar-refractivity contribution in [1.82, 2.24) is 4.98 Å². The molecule has 0 aliphatic heterocycles. The van der Waals surface area contributed by atoms with E-state index in [1.165, 1.54) is 12.1 Å². The van der Waals surface area contributed by atoms with Crippen LogP contribution in [0.2, 0.25) is 10.0 Å². The van der Waals surface area contributed by atoms with Crippen molar-refractivity contribution in [2.45, 2.75) is 13.0 Å². The van der Waals surface area contributed by atoms with Crippen molar-refractivity contribution in [3.63, 3.8) is 0 Å². The Kier molecular flexibility index (Phi) is 6.64. The summed E-state index contributed by atoms with van der Waals surface area (Å²) in [5.74, 6) is -0.549. The molecule has 0 saturated carbocycles. The Hall–Kier alpha value is -3.01. The Balaban J connectivity index is 1.56. The number of carbonyl (C=O) groups excluding carboxylic acids is 1. The highest BCUT2D eigenvalue weighted by Gasteiger charge is 2.31. The van der Waals surface area contributed by atoms with E-state index in [-0.39, 0.29) is 17.2 Å². The van der Waals surface area contributed by atoms with Gasteiger partial charge in [0, 0.05) is 11.9 Å². The number of aromatic nitrogens is 1. The molecule has 11 heteroatoms. The zero-order valence-corrected chi connectivity index (χ0v) is 18.8. The van der Waals surface area contributed by atoms with Crippen molar-refractivity contribution in [2.24, 2.45) is 0 Å². The maximum atomic E-state index is 13.0. The topological polar surface area (TPSA) is 60.5 Å². The van der Waals surface area contributed by atoms with Gasteiger partial charge in [0.2, 0.25) is 0 Å². The van der Waals surface area contributed by atoms with E-state index in [4.69, 9.17) is 27.9 Å². The van der Waals surface area contributed by atoms with Crippen LogP contribution in [0.3, 0.4) is 0 Å². The Labute approximate surface area is 199 Å². The number of amides is 1. The van der Waals surface area contributed by atoms with Crippen LogP contribution in [-0.2, 0) is 6.61 Å². The highest BCUT2D eigenvalue weighted by molar-refractivity contribution is 7.21. The summed E-state index contributed by atoms with van der Waals surface area (Å²) in [5.41, 5.74) is 1.04. The molecule has 4 aromatic rings. The molecule has 170 valence electrons. The number of hydrogen-bond donors (Lipinski definition) is 1. The fraction of sp³-hybridized carbons (Fsp3) is 0.0909. The van der Waals surface area contributed by atoms with Crippen molar-refractivity contribution in [2.75, 3.05) is 5.32 Å². The summed E-state index contributed by atoms with van der Waals surface area (Å²) in [6.45, 7) is 0.126. The lowest BCUT2D eigenvalue weighted by atomic mass is 10.2. The van der Waals surface area contributed by atoms with Crippen LogP contribution in [0.5, 0.6) is 11.5 Å². The molecule has 33 heavy (non-hydrogen) atoms. The molecule has 0 unspecified atom stereocenters. The van der Waals surface area contributed by atoms with Crippen molar-refractivity contribution in [1.29, 1.82) is 0 Å². The minimum Gasteiger partial charge on any atom is -0.486 e. The normalized spacial score (nSPS) is 11.4. The second-order valence-corrected chi connectivity index (χ2v) is 8.49. The Morgan fingerprint density at radius 1 is 1.06 bits per heavy atom. The number of alkyl halides is 3. The number of fused-ring (bicyclic) bond motifs is 1. The van der Waals surface area contributed by atoms with Crippen LogP contribution >= 0.6 is 34.5 Å². The van der Waals surface area contributed by atoms with Gasteiger partial charge in [0.25, 0.3) is 5.91 Å². The summed E-state index contributed by atoms with van der Waals surface area (Å²) >= 11 is 13.1. The number of carbonyl (C=O) groups is 1. The monoisotopic (exact) mass is 512 g/mol. The molecule has 2 aromatic carbocycles. The molecule has 5 nitrogen and oxygen atoms in total. The smallest absolute Gasteiger partial charge is 0.486 e. The van der Waals surface area contributed by atoms with Gasteiger partial charge in [0.1, 0.15) is 22.1 Å². The van der Waals surface area contributed by atoms with Crippen LogP contribution in [0.15, 0.2) is 60.8 Å². The van der Waals surface area contributed by atoms with Crippen molar-refractivity contribution >= 4 is 56.3 Å². The average molecular weight is 513 g/mol. The first kappa shape index (κ1) is 23.2. The maximum absolute atomic E-state index is 13.0. The summed E-state index contributed by atoms with van der Waals surface area (Å²) < 4.78 is 46.8. The van der Waals surface area contributed by atoms with Crippen molar-refractivity contribution in [3.8, 4) is 11.5 Å². The summed E-state index contributed by atoms with van der Waals surface area (Å²) in [6.07, 6.45) is -3.20. The molecular weight excluding hydrogens is 500 g/mol. The molecule has 4 rings (SSSR count). The van der Waals surface area contributed by atoms with E-state index in [9.17, 15) is 18.0 Å². The number of pyridine rings is 1. The minimum atomic E-state index is -4.80. The molecule has 0 fully saturated rings. The van der Waals surface area contributed by atoms with Gasteiger partial charge in [-0.25, -0.2) is 4.98 Å². The first-order valence-corrected chi connectivity index (χ1v) is 10.9. The minimum absolute atomic E-state index is 0.126. The highest BCUT2D eigenvalue weighted by Crippen LogP contribution is 2.38. The number of nitrogens with one attached hydrogen (secondary N) is 1. The number of hydrogen-bond acceptors (Lipinski definition) is 5. The second kappa shape index (κ2) is 9.46. The van der Waals surface area contributed by atoms with Gasteiger partial charge in [-0.05, 0) is 54.1 Å². The molecule has 0 aliphatic carbocycles. The number of nitrogens with zero attached hydrogens (tertiary/aromatic N) is 1. The van der Waals surface area contributed by atoms with E-state index in [0.29, 0.717) is 26.0 Å². The third kappa shape index (κ3) is 5.68. The lowest BCUT2D eigenvalue weighted by Gasteiger charge is -2.11. The Morgan fingerprint density at radius 3 is 2.52 bits per heavy atom. The molecule has 2 aromatic heterocycles. The highest BCUT2D eigenvalue weighted by atomic mass is 35.5. The number of rotatable bonds is 6.